The summed E-state index contributed by atoms with van der Waals surface area (Å²) in [4.78, 5) is 27.6. The number of imide groups is 1. The van der Waals surface area contributed by atoms with Crippen molar-refractivity contribution in [1.82, 2.24) is 14.7 Å². The van der Waals surface area contributed by atoms with Crippen LogP contribution < -0.4 is 4.74 Å². The third-order valence-corrected chi connectivity index (χ3v) is 6.56. The molecule has 0 atom stereocenters. The first-order valence-corrected chi connectivity index (χ1v) is 13.1. The first-order valence-electron chi connectivity index (χ1n) is 12.7. The molecule has 2 heterocycles. The average Bonchev–Trinajstić information content (AvgIpc) is 3.36. The molecule has 0 unspecified atom stereocenters. The van der Waals surface area contributed by atoms with Crippen molar-refractivity contribution in [2.45, 2.75) is 27.2 Å². The number of aromatic nitrogens is 2. The van der Waals surface area contributed by atoms with Crippen molar-refractivity contribution in [2.75, 3.05) is 26.4 Å². The van der Waals surface area contributed by atoms with Gasteiger partial charge in [0.05, 0.1) is 17.3 Å². The fraction of sp³-hybridized carbons (Fsp3) is 0.267. The van der Waals surface area contributed by atoms with Gasteiger partial charge in [0.25, 0.3) is 11.8 Å². The minimum atomic E-state index is -0.591. The molecule has 0 N–H and O–H groups in total. The van der Waals surface area contributed by atoms with Gasteiger partial charge in [-0.1, -0.05) is 29.8 Å². The van der Waals surface area contributed by atoms with Crippen molar-refractivity contribution >= 4 is 29.5 Å². The molecule has 0 fully saturated rings. The second-order valence-corrected chi connectivity index (χ2v) is 9.18. The smallest absolute Gasteiger partial charge is 0.271 e. The van der Waals surface area contributed by atoms with E-state index >= 15 is 0 Å². The fourth-order valence-corrected chi connectivity index (χ4v) is 4.54. The summed E-state index contributed by atoms with van der Waals surface area (Å²) < 4.78 is 12.7. The Hall–Kier alpha value is -4.19. The quantitative estimate of drug-likeness (QED) is 0.187. The van der Waals surface area contributed by atoms with Crippen LogP contribution in [0.1, 0.15) is 32.8 Å². The van der Waals surface area contributed by atoms with Crippen LogP contribution in [-0.4, -0.2) is 52.9 Å². The third kappa shape index (κ3) is 5.95. The van der Waals surface area contributed by atoms with Gasteiger partial charge in [-0.25, -0.2) is 4.68 Å². The Labute approximate surface area is 232 Å². The van der Waals surface area contributed by atoms with Crippen LogP contribution in [0.2, 0.25) is 5.02 Å². The molecule has 0 saturated heterocycles. The van der Waals surface area contributed by atoms with Crippen molar-refractivity contribution in [2.24, 2.45) is 0 Å². The molecule has 2 aromatic carbocycles. The van der Waals surface area contributed by atoms with Crippen LogP contribution in [0, 0.1) is 11.3 Å². The molecule has 8 nitrogen and oxygen atoms in total. The van der Waals surface area contributed by atoms with E-state index in [1.54, 1.807) is 29.8 Å². The van der Waals surface area contributed by atoms with Gasteiger partial charge in [-0.05, 0) is 69.2 Å². The van der Waals surface area contributed by atoms with Gasteiger partial charge in [0, 0.05) is 42.7 Å². The van der Waals surface area contributed by atoms with E-state index in [1.807, 2.05) is 62.5 Å². The Kier molecular flexibility index (Phi) is 8.97. The van der Waals surface area contributed by atoms with Crippen LogP contribution in [0.4, 0.5) is 0 Å². The number of ether oxygens (including phenoxy) is 2. The van der Waals surface area contributed by atoms with Gasteiger partial charge in [-0.3, -0.25) is 14.5 Å². The first-order chi connectivity index (χ1) is 18.9. The minimum absolute atomic E-state index is 0.0571. The number of carbonyl (C=O) groups excluding carboxylic acids is 2. The van der Waals surface area contributed by atoms with E-state index in [0.717, 1.165) is 16.2 Å². The average molecular weight is 545 g/mol. The van der Waals surface area contributed by atoms with Gasteiger partial charge in [-0.2, -0.15) is 10.4 Å². The van der Waals surface area contributed by atoms with E-state index in [-0.39, 0.29) is 17.7 Å². The van der Waals surface area contributed by atoms with E-state index in [4.69, 9.17) is 26.2 Å². The van der Waals surface area contributed by atoms with Crippen molar-refractivity contribution in [3.8, 4) is 28.8 Å². The van der Waals surface area contributed by atoms with Crippen LogP contribution in [-0.2, 0) is 14.3 Å². The molecule has 3 aromatic rings. The van der Waals surface area contributed by atoms with Gasteiger partial charge in [0.15, 0.2) is 0 Å². The molecule has 0 spiro atoms. The first kappa shape index (κ1) is 27.8. The maximum atomic E-state index is 13.6. The number of nitriles is 1. The summed E-state index contributed by atoms with van der Waals surface area (Å²) in [6.45, 7) is 6.96. The molecule has 0 aliphatic carbocycles. The Bertz CT molecular complexity index is 1480. The second kappa shape index (κ2) is 12.6. The number of hydrogen-bond donors (Lipinski definition) is 0. The van der Waals surface area contributed by atoms with E-state index in [9.17, 15) is 14.9 Å². The van der Waals surface area contributed by atoms with Crippen molar-refractivity contribution in [1.29, 1.82) is 5.26 Å². The van der Waals surface area contributed by atoms with Gasteiger partial charge in [-0.15, -0.1) is 0 Å². The van der Waals surface area contributed by atoms with Crippen LogP contribution in [0.3, 0.4) is 0 Å². The fourth-order valence-electron chi connectivity index (χ4n) is 4.31. The normalized spacial score (nSPS) is 14.7. The standard InChI is InChI=1S/C30H29ClN4O4/c1-4-38-15-9-14-34-29(36)24(20(3)25(18-32)30(34)37)16-22-19-35(23-10-7-6-8-11-23)33-28(22)21-12-13-27(39-5-2)26(31)17-21/h6-8,10-13,16-17,19H,4-5,9,14-15H2,1-3H3/b24-16+. The summed E-state index contributed by atoms with van der Waals surface area (Å²) in [6, 6.07) is 17.0. The topological polar surface area (TPSA) is 97.5 Å². The maximum absolute atomic E-state index is 13.6. The third-order valence-electron chi connectivity index (χ3n) is 6.27. The summed E-state index contributed by atoms with van der Waals surface area (Å²) in [7, 11) is 0. The van der Waals surface area contributed by atoms with Gasteiger partial charge in [0.2, 0.25) is 0 Å². The lowest BCUT2D eigenvalue weighted by atomic mass is 9.93. The summed E-state index contributed by atoms with van der Waals surface area (Å²) in [5.74, 6) is -0.491. The number of hydrogen-bond acceptors (Lipinski definition) is 6. The molecule has 0 bridgehead atoms. The Balaban J connectivity index is 1.83. The molecular formula is C30H29ClN4O4. The molecule has 1 aliphatic heterocycles. The molecule has 39 heavy (non-hydrogen) atoms. The van der Waals surface area contributed by atoms with Crippen LogP contribution in [0.5, 0.6) is 5.75 Å². The van der Waals surface area contributed by atoms with E-state index < -0.39 is 11.8 Å². The summed E-state index contributed by atoms with van der Waals surface area (Å²) in [5, 5.41) is 15.0. The van der Waals surface area contributed by atoms with E-state index in [1.165, 1.54) is 0 Å². The highest BCUT2D eigenvalue weighted by Gasteiger charge is 2.35. The number of amides is 2. The van der Waals surface area contributed by atoms with E-state index in [0.29, 0.717) is 53.8 Å². The number of para-hydroxylation sites is 1. The minimum Gasteiger partial charge on any atom is -0.492 e. The molecule has 4 rings (SSSR count). The van der Waals surface area contributed by atoms with Crippen molar-refractivity contribution in [3.63, 3.8) is 0 Å². The SMILES string of the molecule is CCOCCCN1C(=O)C(C#N)=C(C)/C(=C\c2cn(-c3ccccc3)nc2-c2ccc(OCC)c(Cl)c2)C1=O. The zero-order valence-corrected chi connectivity index (χ0v) is 22.9. The van der Waals surface area contributed by atoms with E-state index in [2.05, 4.69) is 0 Å². The maximum Gasteiger partial charge on any atom is 0.271 e. The highest BCUT2D eigenvalue weighted by Crippen LogP contribution is 2.34. The summed E-state index contributed by atoms with van der Waals surface area (Å²) in [6.07, 6.45) is 3.96. The molecule has 0 radical (unpaired) electrons. The zero-order chi connectivity index (χ0) is 27.9. The largest absolute Gasteiger partial charge is 0.492 e. The van der Waals surface area contributed by atoms with Gasteiger partial charge in [0.1, 0.15) is 23.1 Å². The van der Waals surface area contributed by atoms with Crippen molar-refractivity contribution < 1.29 is 19.1 Å². The number of nitrogens with zero attached hydrogens (tertiary/aromatic N) is 4. The molecule has 200 valence electrons. The molecule has 0 saturated carbocycles. The van der Waals surface area contributed by atoms with Crippen molar-refractivity contribution in [3.05, 3.63) is 82.0 Å². The number of halogens is 1. The lowest BCUT2D eigenvalue weighted by molar-refractivity contribution is -0.140. The highest BCUT2D eigenvalue weighted by molar-refractivity contribution is 6.32. The Morgan fingerprint density at radius 3 is 2.51 bits per heavy atom. The summed E-state index contributed by atoms with van der Waals surface area (Å²) >= 11 is 6.49. The molecular weight excluding hydrogens is 516 g/mol. The highest BCUT2D eigenvalue weighted by atomic mass is 35.5. The molecule has 1 aliphatic rings. The molecule has 1 aromatic heterocycles. The number of carbonyl (C=O) groups is 2. The molecule has 9 heteroatoms. The predicted octanol–water partition coefficient (Wildman–Crippen LogP) is 5.61. The summed E-state index contributed by atoms with van der Waals surface area (Å²) in [5.41, 5.74) is 3.29. The lowest BCUT2D eigenvalue weighted by Crippen LogP contribution is -2.43. The number of benzene rings is 2. The predicted molar refractivity (Wildman–Crippen MR) is 149 cm³/mol. The number of rotatable bonds is 10. The van der Waals surface area contributed by atoms with Gasteiger partial charge >= 0.3 is 0 Å². The van der Waals surface area contributed by atoms with Gasteiger partial charge < -0.3 is 9.47 Å². The van der Waals surface area contributed by atoms with Crippen LogP contribution in [0.25, 0.3) is 23.0 Å². The lowest BCUT2D eigenvalue weighted by Gasteiger charge is -2.27. The van der Waals surface area contributed by atoms with Crippen LogP contribution in [0.15, 0.2) is 71.4 Å². The Morgan fingerprint density at radius 2 is 1.85 bits per heavy atom. The van der Waals surface area contributed by atoms with Crippen LogP contribution >= 0.6 is 11.6 Å². The zero-order valence-electron chi connectivity index (χ0n) is 22.1. The Morgan fingerprint density at radius 1 is 1.08 bits per heavy atom. The molecule has 2 amide bonds. The monoisotopic (exact) mass is 544 g/mol. The second-order valence-electron chi connectivity index (χ2n) is 8.77.